The molecule has 1 atom stereocenters. The number of ether oxygens (including phenoxy) is 1. The van der Waals surface area contributed by atoms with Crippen molar-refractivity contribution in [3.05, 3.63) is 106 Å². The van der Waals surface area contributed by atoms with Crippen LogP contribution in [-0.4, -0.2) is 53.8 Å². The molecule has 0 saturated carbocycles. The fourth-order valence-electron chi connectivity index (χ4n) is 4.24. The van der Waals surface area contributed by atoms with Gasteiger partial charge in [0.05, 0.1) is 11.6 Å². The van der Waals surface area contributed by atoms with Gasteiger partial charge in [0.2, 0.25) is 0 Å². The highest BCUT2D eigenvalue weighted by Gasteiger charge is 2.45. The van der Waals surface area contributed by atoms with Crippen LogP contribution in [0.15, 0.2) is 78.4 Å². The lowest BCUT2D eigenvalue weighted by molar-refractivity contribution is -0.140. The molecule has 0 aromatic heterocycles. The number of aliphatic hydroxyl groups excluding tert-OH is 1. The molecule has 1 saturated heterocycles. The summed E-state index contributed by atoms with van der Waals surface area (Å²) in [6.07, 6.45) is 0. The van der Waals surface area contributed by atoms with Crippen LogP contribution < -0.4 is 4.74 Å². The zero-order chi connectivity index (χ0) is 25.8. The maximum absolute atomic E-state index is 13.6. The van der Waals surface area contributed by atoms with E-state index >= 15 is 0 Å². The highest BCUT2D eigenvalue weighted by Crippen LogP contribution is 2.39. The van der Waals surface area contributed by atoms with E-state index in [9.17, 15) is 19.1 Å². The average molecular weight is 489 g/mol. The van der Waals surface area contributed by atoms with Gasteiger partial charge in [-0.25, -0.2) is 4.39 Å². The topological polar surface area (TPSA) is 70.1 Å². The second-order valence-corrected chi connectivity index (χ2v) is 9.15. The van der Waals surface area contributed by atoms with E-state index in [1.165, 1.54) is 29.2 Å². The molecule has 0 aliphatic carbocycles. The minimum atomic E-state index is -0.817. The second kappa shape index (κ2) is 10.7. The molecule has 1 N–H and O–H groups in total. The number of benzene rings is 3. The Morgan fingerprint density at radius 3 is 2.36 bits per heavy atom. The number of likely N-dealkylation sites (tertiary alicyclic amines) is 1. The molecule has 0 bridgehead atoms. The van der Waals surface area contributed by atoms with Crippen molar-refractivity contribution < 1.29 is 23.8 Å². The molecule has 6 nitrogen and oxygen atoms in total. The minimum Gasteiger partial charge on any atom is -0.507 e. The molecule has 36 heavy (non-hydrogen) atoms. The number of carbonyl (C=O) groups is 2. The van der Waals surface area contributed by atoms with E-state index in [0.717, 1.165) is 11.1 Å². The number of hydrogen-bond acceptors (Lipinski definition) is 5. The van der Waals surface area contributed by atoms with Gasteiger partial charge in [0, 0.05) is 18.7 Å². The van der Waals surface area contributed by atoms with E-state index < -0.39 is 23.5 Å². The van der Waals surface area contributed by atoms with Crippen LogP contribution in [0.2, 0.25) is 0 Å². The molecule has 1 amide bonds. The number of hydrogen-bond donors (Lipinski definition) is 1. The standard InChI is InChI=1S/C29H29FN2O4/c1-19-5-4-6-20(17-19)18-36-24-13-9-22(10-14-24)27(33)25-26(21-7-11-23(30)12-8-21)32(16-15-31(2)3)29(35)28(25)34/h4-14,17,26,33H,15-16,18H2,1-3H3/b27-25+/t26-/m1/s1. The van der Waals surface area contributed by atoms with E-state index in [1.54, 1.807) is 24.3 Å². The van der Waals surface area contributed by atoms with Gasteiger partial charge in [0.1, 0.15) is 23.9 Å². The van der Waals surface area contributed by atoms with Gasteiger partial charge in [-0.3, -0.25) is 9.59 Å². The van der Waals surface area contributed by atoms with Gasteiger partial charge in [0.25, 0.3) is 11.7 Å². The number of aliphatic hydroxyl groups is 1. The third-order valence-electron chi connectivity index (χ3n) is 6.13. The molecular weight excluding hydrogens is 459 g/mol. The maximum Gasteiger partial charge on any atom is 0.295 e. The fraction of sp³-hybridized carbons (Fsp3) is 0.241. The Bertz CT molecular complexity index is 1280. The first-order valence-electron chi connectivity index (χ1n) is 11.7. The minimum absolute atomic E-state index is 0.0150. The van der Waals surface area contributed by atoms with Crippen molar-refractivity contribution in [2.75, 3.05) is 27.2 Å². The molecule has 0 unspecified atom stereocenters. The molecule has 1 fully saturated rings. The van der Waals surface area contributed by atoms with Crippen molar-refractivity contribution >= 4 is 17.4 Å². The predicted molar refractivity (Wildman–Crippen MR) is 136 cm³/mol. The van der Waals surface area contributed by atoms with E-state index in [4.69, 9.17) is 4.74 Å². The fourth-order valence-corrected chi connectivity index (χ4v) is 4.24. The summed E-state index contributed by atoms with van der Waals surface area (Å²) in [5, 5.41) is 11.2. The number of carbonyl (C=O) groups excluding carboxylic acids is 2. The van der Waals surface area contributed by atoms with E-state index in [2.05, 4.69) is 0 Å². The Labute approximate surface area is 210 Å². The van der Waals surface area contributed by atoms with Crippen molar-refractivity contribution in [2.45, 2.75) is 19.6 Å². The van der Waals surface area contributed by atoms with Crippen molar-refractivity contribution in [3.8, 4) is 5.75 Å². The van der Waals surface area contributed by atoms with Gasteiger partial charge >= 0.3 is 0 Å². The van der Waals surface area contributed by atoms with Gasteiger partial charge in [-0.15, -0.1) is 0 Å². The van der Waals surface area contributed by atoms with E-state index in [0.29, 0.717) is 30.0 Å². The number of halogens is 1. The molecule has 1 aliphatic rings. The number of amides is 1. The van der Waals surface area contributed by atoms with Crippen LogP contribution in [0.3, 0.4) is 0 Å². The first-order valence-corrected chi connectivity index (χ1v) is 11.7. The van der Waals surface area contributed by atoms with Crippen molar-refractivity contribution in [1.29, 1.82) is 0 Å². The lowest BCUT2D eigenvalue weighted by Gasteiger charge is -2.26. The summed E-state index contributed by atoms with van der Waals surface area (Å²) in [5.41, 5.74) is 3.11. The summed E-state index contributed by atoms with van der Waals surface area (Å²) in [5.74, 6) is -1.55. The van der Waals surface area contributed by atoms with Crippen LogP contribution in [-0.2, 0) is 16.2 Å². The highest BCUT2D eigenvalue weighted by atomic mass is 19.1. The largest absolute Gasteiger partial charge is 0.507 e. The molecular formula is C29H29FN2O4. The number of likely N-dealkylation sites (N-methyl/N-ethyl adjacent to an activating group) is 1. The smallest absolute Gasteiger partial charge is 0.295 e. The number of nitrogens with zero attached hydrogens (tertiary/aromatic N) is 2. The lowest BCUT2D eigenvalue weighted by atomic mass is 9.95. The summed E-state index contributed by atoms with van der Waals surface area (Å²) >= 11 is 0. The van der Waals surface area contributed by atoms with Crippen molar-refractivity contribution in [2.24, 2.45) is 0 Å². The predicted octanol–water partition coefficient (Wildman–Crippen LogP) is 4.70. The van der Waals surface area contributed by atoms with Crippen molar-refractivity contribution in [1.82, 2.24) is 9.80 Å². The Kier molecular flexibility index (Phi) is 7.50. The van der Waals surface area contributed by atoms with Gasteiger partial charge in [-0.2, -0.15) is 0 Å². The number of aryl methyl sites for hydroxylation is 1. The van der Waals surface area contributed by atoms with Gasteiger partial charge in [-0.1, -0.05) is 42.0 Å². The highest BCUT2D eigenvalue weighted by molar-refractivity contribution is 6.46. The number of rotatable bonds is 8. The van der Waals surface area contributed by atoms with Crippen LogP contribution in [0.1, 0.15) is 28.3 Å². The molecule has 4 rings (SSSR count). The normalized spacial score (nSPS) is 17.1. The van der Waals surface area contributed by atoms with Crippen LogP contribution in [0.25, 0.3) is 5.76 Å². The first kappa shape index (κ1) is 25.1. The van der Waals surface area contributed by atoms with Crippen LogP contribution >= 0.6 is 0 Å². The Morgan fingerprint density at radius 1 is 1.03 bits per heavy atom. The summed E-state index contributed by atoms with van der Waals surface area (Å²) in [7, 11) is 3.73. The maximum atomic E-state index is 13.6. The third-order valence-corrected chi connectivity index (χ3v) is 6.13. The summed E-state index contributed by atoms with van der Waals surface area (Å²) in [6, 6.07) is 19.5. The summed E-state index contributed by atoms with van der Waals surface area (Å²) < 4.78 is 19.5. The molecule has 1 aliphatic heterocycles. The van der Waals surface area contributed by atoms with Crippen LogP contribution in [0, 0.1) is 12.7 Å². The molecule has 7 heteroatoms. The van der Waals surface area contributed by atoms with E-state index in [-0.39, 0.29) is 17.9 Å². The quantitative estimate of drug-likeness (QED) is 0.283. The van der Waals surface area contributed by atoms with Gasteiger partial charge in [-0.05, 0) is 68.5 Å². The Balaban J connectivity index is 1.64. The lowest BCUT2D eigenvalue weighted by Crippen LogP contribution is -2.35. The number of Topliss-reactive ketones (excluding diaryl/α,β-unsaturated/α-hetero) is 1. The Morgan fingerprint density at radius 2 is 1.72 bits per heavy atom. The van der Waals surface area contributed by atoms with Crippen molar-refractivity contribution in [3.63, 3.8) is 0 Å². The van der Waals surface area contributed by atoms with Crippen LogP contribution in [0.4, 0.5) is 4.39 Å². The van der Waals surface area contributed by atoms with E-state index in [1.807, 2.05) is 50.2 Å². The van der Waals surface area contributed by atoms with Gasteiger partial charge in [0.15, 0.2) is 0 Å². The summed E-state index contributed by atoms with van der Waals surface area (Å²) in [6.45, 7) is 3.22. The third kappa shape index (κ3) is 5.47. The Hall–Kier alpha value is -3.97. The average Bonchev–Trinajstić information content (AvgIpc) is 3.11. The SMILES string of the molecule is Cc1cccc(COc2ccc(/C(O)=C3\C(=O)C(=O)N(CCN(C)C)[C@@H]3c3ccc(F)cc3)cc2)c1. The zero-order valence-electron chi connectivity index (χ0n) is 20.6. The number of ketones is 1. The summed E-state index contributed by atoms with van der Waals surface area (Å²) in [4.78, 5) is 29.3. The molecule has 1 heterocycles. The van der Waals surface area contributed by atoms with Crippen LogP contribution in [0.5, 0.6) is 5.75 Å². The second-order valence-electron chi connectivity index (χ2n) is 9.15. The monoisotopic (exact) mass is 488 g/mol. The molecule has 0 spiro atoms. The van der Waals surface area contributed by atoms with Gasteiger partial charge < -0.3 is 19.6 Å². The molecule has 186 valence electrons. The zero-order valence-corrected chi connectivity index (χ0v) is 20.6. The molecule has 3 aromatic carbocycles. The molecule has 3 aromatic rings. The first-order chi connectivity index (χ1) is 17.2. The molecule has 0 radical (unpaired) electrons.